The van der Waals surface area contributed by atoms with Crippen molar-refractivity contribution in [2.24, 2.45) is 0 Å². The molecule has 0 unspecified atom stereocenters. The second-order valence-electron chi connectivity index (χ2n) is 5.52. The van der Waals surface area contributed by atoms with Crippen molar-refractivity contribution in [3.8, 4) is 5.75 Å². The van der Waals surface area contributed by atoms with Gasteiger partial charge in [0.25, 0.3) is 0 Å². The molecule has 0 spiro atoms. The molecule has 1 aromatic rings. The van der Waals surface area contributed by atoms with Gasteiger partial charge >= 0.3 is 6.18 Å². The maximum absolute atomic E-state index is 12.2. The molecule has 0 aliphatic carbocycles. The zero-order valence-corrected chi connectivity index (χ0v) is 14.1. The van der Waals surface area contributed by atoms with E-state index in [2.05, 4.69) is 4.72 Å². The van der Waals surface area contributed by atoms with Crippen LogP contribution in [0.4, 0.5) is 13.2 Å². The molecule has 22 heavy (non-hydrogen) atoms. The lowest BCUT2D eigenvalue weighted by Crippen LogP contribution is -2.40. The Labute approximate surface area is 129 Å². The average molecular weight is 341 g/mol. The first-order valence-electron chi connectivity index (χ1n) is 6.59. The number of sulfonamides is 1. The van der Waals surface area contributed by atoms with Crippen LogP contribution in [0.5, 0.6) is 5.75 Å². The van der Waals surface area contributed by atoms with Crippen molar-refractivity contribution >= 4 is 10.0 Å². The van der Waals surface area contributed by atoms with E-state index in [-0.39, 0.29) is 11.8 Å². The van der Waals surface area contributed by atoms with Gasteiger partial charge in [-0.25, -0.2) is 13.1 Å². The van der Waals surface area contributed by atoms with Gasteiger partial charge in [0.15, 0.2) is 0 Å². The fraction of sp³-hybridized carbons (Fsp3) is 0.571. The Morgan fingerprint density at radius 3 is 1.95 bits per heavy atom. The Morgan fingerprint density at radius 1 is 1.09 bits per heavy atom. The van der Waals surface area contributed by atoms with Crippen LogP contribution in [0, 0.1) is 0 Å². The van der Waals surface area contributed by atoms with Gasteiger partial charge in [-0.05, 0) is 39.8 Å². The number of hydrogen-bond donors (Lipinski definition) is 1. The van der Waals surface area contributed by atoms with Crippen molar-refractivity contribution in [2.45, 2.75) is 51.2 Å². The van der Waals surface area contributed by atoms with E-state index < -0.39 is 21.7 Å². The van der Waals surface area contributed by atoms with Gasteiger partial charge in [0.05, 0.1) is 6.61 Å². The van der Waals surface area contributed by atoms with E-state index in [1.807, 2.05) is 6.92 Å². The van der Waals surface area contributed by atoms with E-state index in [1.165, 1.54) is 0 Å². The molecular weight excluding hydrogens is 319 g/mol. The van der Waals surface area contributed by atoms with E-state index in [0.29, 0.717) is 12.4 Å². The van der Waals surface area contributed by atoms with E-state index >= 15 is 0 Å². The monoisotopic (exact) mass is 341 g/mol. The van der Waals surface area contributed by atoms with Crippen molar-refractivity contribution in [1.82, 2.24) is 4.72 Å². The summed E-state index contributed by atoms with van der Waals surface area (Å²) in [5.41, 5.74) is -0.516. The first kappa shape index (κ1) is 20.7. The summed E-state index contributed by atoms with van der Waals surface area (Å²) in [6, 6.07) is 6.63. The van der Waals surface area contributed by atoms with E-state index in [1.54, 1.807) is 45.0 Å². The fourth-order valence-corrected chi connectivity index (χ4v) is 2.97. The number of para-hydroxylation sites is 1. The average Bonchev–Trinajstić information content (AvgIpc) is 2.24. The zero-order valence-electron chi connectivity index (χ0n) is 13.3. The predicted molar refractivity (Wildman–Crippen MR) is 79.4 cm³/mol. The zero-order chi connectivity index (χ0) is 17.6. The summed E-state index contributed by atoms with van der Waals surface area (Å²) < 4.78 is 63.3. The minimum absolute atomic E-state index is 0.178. The molecule has 1 rings (SSSR count). The highest BCUT2D eigenvalue weighted by Gasteiger charge is 2.24. The van der Waals surface area contributed by atoms with E-state index in [4.69, 9.17) is 4.74 Å². The molecule has 8 heteroatoms. The molecule has 128 valence electrons. The number of halogens is 3. The summed E-state index contributed by atoms with van der Waals surface area (Å²) >= 11 is 0. The molecule has 0 radical (unpaired) electrons. The van der Waals surface area contributed by atoms with Crippen LogP contribution in [-0.2, 0) is 10.0 Å². The van der Waals surface area contributed by atoms with Gasteiger partial charge in [0.2, 0.25) is 10.0 Å². The number of benzene rings is 1. The summed E-state index contributed by atoms with van der Waals surface area (Å²) in [5.74, 6) is 0.381. The molecule has 1 aromatic carbocycles. The molecule has 0 fully saturated rings. The lowest BCUT2D eigenvalue weighted by Gasteiger charge is -2.21. The summed E-state index contributed by atoms with van der Waals surface area (Å²) in [6.07, 6.45) is -4.00. The summed E-state index contributed by atoms with van der Waals surface area (Å²) in [5, 5.41) is 0. The molecule has 0 heterocycles. The Hall–Kier alpha value is -1.28. The van der Waals surface area contributed by atoms with Crippen molar-refractivity contribution in [3.63, 3.8) is 0 Å². The maximum Gasteiger partial charge on any atom is 0.386 e. The number of rotatable bonds is 4. The second kappa shape index (κ2) is 7.82. The fourth-order valence-electron chi connectivity index (χ4n) is 1.40. The molecule has 0 aliphatic heterocycles. The van der Waals surface area contributed by atoms with Gasteiger partial charge in [0, 0.05) is 12.5 Å². The molecule has 0 saturated heterocycles. The Balaban J connectivity index is 0.000000763. The van der Waals surface area contributed by atoms with Crippen LogP contribution < -0.4 is 9.46 Å². The van der Waals surface area contributed by atoms with Gasteiger partial charge in [-0.3, -0.25) is 0 Å². The standard InChI is InChI=1S/C12H19NO3S.C2H3F3/c1-5-16-10-8-6-7-9-11(10)17(14,15)13-12(2,3)4;1-2(3,4)5/h6-9,13H,5H2,1-4H3;1H3. The smallest absolute Gasteiger partial charge is 0.386 e. The van der Waals surface area contributed by atoms with Crippen LogP contribution in [0.15, 0.2) is 29.2 Å². The minimum atomic E-state index is -4.00. The number of ether oxygens (including phenoxy) is 1. The van der Waals surface area contributed by atoms with Gasteiger partial charge in [-0.2, -0.15) is 13.2 Å². The summed E-state index contributed by atoms with van der Waals surface area (Å²) in [7, 11) is -3.55. The third kappa shape index (κ3) is 9.62. The highest BCUT2D eigenvalue weighted by Crippen LogP contribution is 2.24. The largest absolute Gasteiger partial charge is 0.492 e. The Kier molecular flexibility index (Phi) is 7.37. The number of hydrogen-bond acceptors (Lipinski definition) is 3. The van der Waals surface area contributed by atoms with Crippen molar-refractivity contribution < 1.29 is 26.3 Å². The molecule has 0 bridgehead atoms. The molecule has 1 N–H and O–H groups in total. The Bertz CT molecular complexity index is 557. The maximum atomic E-state index is 12.2. The van der Waals surface area contributed by atoms with Crippen molar-refractivity contribution in [2.75, 3.05) is 6.61 Å². The van der Waals surface area contributed by atoms with Crippen molar-refractivity contribution in [1.29, 1.82) is 0 Å². The highest BCUT2D eigenvalue weighted by atomic mass is 32.2. The van der Waals surface area contributed by atoms with Gasteiger partial charge in [-0.1, -0.05) is 12.1 Å². The second-order valence-corrected chi connectivity index (χ2v) is 7.17. The van der Waals surface area contributed by atoms with Crippen LogP contribution >= 0.6 is 0 Å². The molecule has 4 nitrogen and oxygen atoms in total. The lowest BCUT2D eigenvalue weighted by atomic mass is 10.1. The predicted octanol–water partition coefficient (Wildman–Crippen LogP) is 3.73. The highest BCUT2D eigenvalue weighted by molar-refractivity contribution is 7.89. The van der Waals surface area contributed by atoms with Crippen LogP contribution in [0.1, 0.15) is 34.6 Å². The topological polar surface area (TPSA) is 55.4 Å². The minimum Gasteiger partial charge on any atom is -0.492 e. The number of nitrogens with one attached hydrogen (secondary N) is 1. The third-order valence-electron chi connectivity index (χ3n) is 1.88. The van der Waals surface area contributed by atoms with Crippen LogP contribution in [0.3, 0.4) is 0 Å². The molecule has 0 aliphatic rings. The van der Waals surface area contributed by atoms with E-state index in [9.17, 15) is 21.6 Å². The number of alkyl halides is 3. The van der Waals surface area contributed by atoms with Crippen LogP contribution in [0.25, 0.3) is 0 Å². The van der Waals surface area contributed by atoms with E-state index in [0.717, 1.165) is 0 Å². The quantitative estimate of drug-likeness (QED) is 0.908. The van der Waals surface area contributed by atoms with Gasteiger partial charge in [-0.15, -0.1) is 0 Å². The Morgan fingerprint density at radius 2 is 1.55 bits per heavy atom. The third-order valence-corrected chi connectivity index (χ3v) is 3.68. The van der Waals surface area contributed by atoms with Crippen LogP contribution in [0.2, 0.25) is 0 Å². The van der Waals surface area contributed by atoms with Crippen LogP contribution in [-0.4, -0.2) is 26.7 Å². The molecule has 0 saturated carbocycles. The normalized spacial score (nSPS) is 12.4. The molecule has 0 atom stereocenters. The van der Waals surface area contributed by atoms with Gasteiger partial charge in [0.1, 0.15) is 10.6 Å². The van der Waals surface area contributed by atoms with Gasteiger partial charge < -0.3 is 4.74 Å². The molecular formula is C14H22F3NO3S. The lowest BCUT2D eigenvalue weighted by molar-refractivity contribution is -0.110. The summed E-state index contributed by atoms with van der Waals surface area (Å²) in [4.78, 5) is 0.178. The molecule has 0 aromatic heterocycles. The summed E-state index contributed by atoms with van der Waals surface area (Å²) in [6.45, 7) is 7.84. The first-order valence-corrected chi connectivity index (χ1v) is 8.07. The molecule has 0 amide bonds. The SMILES string of the molecule is CC(F)(F)F.CCOc1ccccc1S(=O)(=O)NC(C)(C)C. The first-order chi connectivity index (χ1) is 9.76. The van der Waals surface area contributed by atoms with Crippen molar-refractivity contribution in [3.05, 3.63) is 24.3 Å².